The molecule has 0 bridgehead atoms. The summed E-state index contributed by atoms with van der Waals surface area (Å²) in [6, 6.07) is 8.12. The predicted molar refractivity (Wildman–Crippen MR) is 84.2 cm³/mol. The molecule has 4 heteroatoms. The minimum Gasteiger partial charge on any atom is -0.497 e. The molecular formula is C17H26N2O2. The monoisotopic (exact) mass is 290 g/mol. The summed E-state index contributed by atoms with van der Waals surface area (Å²) in [6.07, 6.45) is 2.78. The number of nitrogens with one attached hydrogen (secondary N) is 1. The maximum absolute atomic E-state index is 12.7. The highest BCUT2D eigenvalue weighted by molar-refractivity contribution is 5.84. The molecule has 0 aromatic heterocycles. The molecule has 3 atom stereocenters. The first-order valence-electron chi connectivity index (χ1n) is 7.84. The van der Waals surface area contributed by atoms with Crippen molar-refractivity contribution in [3.05, 3.63) is 29.8 Å². The summed E-state index contributed by atoms with van der Waals surface area (Å²) in [5.74, 6) is 1.05. The Bertz CT molecular complexity index is 489. The molecule has 1 aliphatic rings. The number of amides is 1. The fourth-order valence-electron chi connectivity index (χ4n) is 2.88. The lowest BCUT2D eigenvalue weighted by molar-refractivity contribution is -0.132. The van der Waals surface area contributed by atoms with E-state index in [9.17, 15) is 4.79 Å². The quantitative estimate of drug-likeness (QED) is 0.875. The normalized spacial score (nSPS) is 23.4. The molecule has 1 aromatic rings. The lowest BCUT2D eigenvalue weighted by Crippen LogP contribution is -2.38. The van der Waals surface area contributed by atoms with Gasteiger partial charge in [0, 0.05) is 6.04 Å². The van der Waals surface area contributed by atoms with Crippen molar-refractivity contribution in [2.45, 2.75) is 58.3 Å². The zero-order valence-corrected chi connectivity index (χ0v) is 13.4. The molecule has 1 aromatic carbocycles. The van der Waals surface area contributed by atoms with Gasteiger partial charge in [0.15, 0.2) is 0 Å². The van der Waals surface area contributed by atoms with E-state index in [1.165, 1.54) is 0 Å². The Kier molecular flexibility index (Phi) is 5.23. The number of rotatable bonds is 6. The van der Waals surface area contributed by atoms with Gasteiger partial charge in [0.25, 0.3) is 0 Å². The van der Waals surface area contributed by atoms with Crippen LogP contribution in [0.5, 0.6) is 5.75 Å². The van der Waals surface area contributed by atoms with Crippen LogP contribution in [-0.4, -0.2) is 30.0 Å². The lowest BCUT2D eigenvalue weighted by atomic mass is 10.1. The average molecular weight is 290 g/mol. The second kappa shape index (κ2) is 6.94. The van der Waals surface area contributed by atoms with Crippen LogP contribution in [0, 0.1) is 0 Å². The summed E-state index contributed by atoms with van der Waals surface area (Å²) in [4.78, 5) is 14.7. The molecule has 21 heavy (non-hydrogen) atoms. The maximum atomic E-state index is 12.7. The number of ether oxygens (including phenoxy) is 1. The van der Waals surface area contributed by atoms with Gasteiger partial charge in [-0.1, -0.05) is 32.4 Å². The summed E-state index contributed by atoms with van der Waals surface area (Å²) in [5.41, 5.74) is 1.08. The number of hydrogen-bond acceptors (Lipinski definition) is 3. The summed E-state index contributed by atoms with van der Waals surface area (Å²) in [7, 11) is 1.67. The van der Waals surface area contributed by atoms with Crippen molar-refractivity contribution in [1.82, 2.24) is 10.2 Å². The molecule has 0 aliphatic carbocycles. The van der Waals surface area contributed by atoms with Crippen molar-refractivity contribution >= 4 is 5.91 Å². The van der Waals surface area contributed by atoms with E-state index < -0.39 is 0 Å². The van der Waals surface area contributed by atoms with Gasteiger partial charge in [-0.15, -0.1) is 0 Å². The molecule has 1 heterocycles. The van der Waals surface area contributed by atoms with E-state index >= 15 is 0 Å². The van der Waals surface area contributed by atoms with Gasteiger partial charge in [-0.2, -0.15) is 0 Å². The predicted octanol–water partition coefficient (Wildman–Crippen LogP) is 3.09. The average Bonchev–Trinajstić information content (AvgIpc) is 2.84. The molecule has 1 amide bonds. The van der Waals surface area contributed by atoms with Gasteiger partial charge in [0.2, 0.25) is 5.91 Å². The van der Waals surface area contributed by atoms with Gasteiger partial charge < -0.3 is 9.64 Å². The number of hydrogen-bond donors (Lipinski definition) is 1. The number of carbonyl (C=O) groups excluding carboxylic acids is 1. The molecule has 1 saturated heterocycles. The lowest BCUT2D eigenvalue weighted by Gasteiger charge is -2.30. The Morgan fingerprint density at radius 3 is 2.76 bits per heavy atom. The first kappa shape index (κ1) is 15.8. The van der Waals surface area contributed by atoms with Gasteiger partial charge in [-0.25, -0.2) is 0 Å². The third kappa shape index (κ3) is 3.21. The second-order valence-electron chi connectivity index (χ2n) is 5.69. The van der Waals surface area contributed by atoms with Crippen molar-refractivity contribution < 1.29 is 9.53 Å². The molecule has 1 aliphatic heterocycles. The Morgan fingerprint density at radius 2 is 2.14 bits per heavy atom. The molecule has 0 spiro atoms. The summed E-state index contributed by atoms with van der Waals surface area (Å²) in [5, 5.41) is 3.50. The van der Waals surface area contributed by atoms with Crippen LogP contribution in [-0.2, 0) is 4.79 Å². The molecule has 2 rings (SSSR count). The smallest absolute Gasteiger partial charge is 0.241 e. The second-order valence-corrected chi connectivity index (χ2v) is 5.69. The van der Waals surface area contributed by atoms with E-state index in [2.05, 4.69) is 32.2 Å². The van der Waals surface area contributed by atoms with Gasteiger partial charge >= 0.3 is 0 Å². The zero-order valence-electron chi connectivity index (χ0n) is 13.4. The number of benzene rings is 1. The minimum atomic E-state index is -0.0693. The molecule has 0 saturated carbocycles. The SMILES string of the molecule is CCCC1NC(c2cccc(OC)c2)N(C(C)CC)C1=O. The molecule has 3 unspecified atom stereocenters. The molecule has 116 valence electrons. The molecular weight excluding hydrogens is 264 g/mol. The first-order valence-corrected chi connectivity index (χ1v) is 7.84. The summed E-state index contributed by atoms with van der Waals surface area (Å²) >= 11 is 0. The largest absolute Gasteiger partial charge is 0.497 e. The van der Waals surface area contributed by atoms with Gasteiger partial charge in [-0.3, -0.25) is 10.1 Å². The van der Waals surface area contributed by atoms with Crippen LogP contribution < -0.4 is 10.1 Å². The Hall–Kier alpha value is -1.55. The van der Waals surface area contributed by atoms with Gasteiger partial charge in [-0.05, 0) is 37.5 Å². The van der Waals surface area contributed by atoms with Crippen molar-refractivity contribution in [3.8, 4) is 5.75 Å². The summed E-state index contributed by atoms with van der Waals surface area (Å²) in [6.45, 7) is 6.34. The van der Waals surface area contributed by atoms with E-state index in [4.69, 9.17) is 4.74 Å². The van der Waals surface area contributed by atoms with Gasteiger partial charge in [0.05, 0.1) is 13.2 Å². The van der Waals surface area contributed by atoms with Crippen molar-refractivity contribution in [3.63, 3.8) is 0 Å². The fraction of sp³-hybridized carbons (Fsp3) is 0.588. The number of nitrogens with zero attached hydrogens (tertiary/aromatic N) is 1. The Balaban J connectivity index is 2.31. The third-order valence-electron chi connectivity index (χ3n) is 4.24. The maximum Gasteiger partial charge on any atom is 0.241 e. The zero-order chi connectivity index (χ0) is 15.4. The highest BCUT2D eigenvalue weighted by Crippen LogP contribution is 2.31. The Labute approximate surface area is 127 Å². The summed E-state index contributed by atoms with van der Waals surface area (Å²) < 4.78 is 5.31. The van der Waals surface area contributed by atoms with Crippen LogP contribution in [0.15, 0.2) is 24.3 Å². The van der Waals surface area contributed by atoms with Crippen LogP contribution in [0.1, 0.15) is 51.8 Å². The van der Waals surface area contributed by atoms with E-state index in [0.29, 0.717) is 0 Å². The van der Waals surface area contributed by atoms with Crippen molar-refractivity contribution in [2.75, 3.05) is 7.11 Å². The molecule has 0 radical (unpaired) electrons. The van der Waals surface area contributed by atoms with Crippen LogP contribution in [0.2, 0.25) is 0 Å². The first-order chi connectivity index (χ1) is 10.1. The highest BCUT2D eigenvalue weighted by atomic mass is 16.5. The van der Waals surface area contributed by atoms with Crippen LogP contribution in [0.25, 0.3) is 0 Å². The van der Waals surface area contributed by atoms with Crippen LogP contribution >= 0.6 is 0 Å². The van der Waals surface area contributed by atoms with Crippen LogP contribution in [0.3, 0.4) is 0 Å². The Morgan fingerprint density at radius 1 is 1.38 bits per heavy atom. The number of carbonyl (C=O) groups is 1. The standard InChI is InChI=1S/C17H26N2O2/c1-5-8-15-17(20)19(12(3)6-2)16(18-15)13-9-7-10-14(11-13)21-4/h7,9-12,15-16,18H,5-6,8H2,1-4H3. The third-order valence-corrected chi connectivity index (χ3v) is 4.24. The van der Waals surface area contributed by atoms with E-state index in [1.54, 1.807) is 7.11 Å². The number of methoxy groups -OCH3 is 1. The van der Waals surface area contributed by atoms with E-state index in [-0.39, 0.29) is 24.2 Å². The van der Waals surface area contributed by atoms with E-state index in [1.807, 2.05) is 23.1 Å². The van der Waals surface area contributed by atoms with Crippen LogP contribution in [0.4, 0.5) is 0 Å². The van der Waals surface area contributed by atoms with Gasteiger partial charge in [0.1, 0.15) is 11.9 Å². The fourth-order valence-corrected chi connectivity index (χ4v) is 2.88. The molecule has 1 fully saturated rings. The highest BCUT2D eigenvalue weighted by Gasteiger charge is 2.40. The minimum absolute atomic E-state index is 0.0564. The van der Waals surface area contributed by atoms with Crippen molar-refractivity contribution in [1.29, 1.82) is 0 Å². The molecule has 1 N–H and O–H groups in total. The molecule has 4 nitrogen and oxygen atoms in total. The van der Waals surface area contributed by atoms with E-state index in [0.717, 1.165) is 30.6 Å². The van der Waals surface area contributed by atoms with Crippen molar-refractivity contribution in [2.24, 2.45) is 0 Å². The topological polar surface area (TPSA) is 41.6 Å².